The predicted molar refractivity (Wildman–Crippen MR) is 309 cm³/mol. The number of hydrogen-bond acceptors (Lipinski definition) is 0. The van der Waals surface area contributed by atoms with Gasteiger partial charge in [0.05, 0.1) is 5.41 Å². The molecule has 0 amide bonds. The molecule has 0 heterocycles. The molecule has 0 aromatic heterocycles. The van der Waals surface area contributed by atoms with E-state index in [1.807, 2.05) is 128 Å². The van der Waals surface area contributed by atoms with Crippen molar-refractivity contribution in [2.24, 2.45) is 0 Å². The minimum absolute atomic E-state index is 0. The van der Waals surface area contributed by atoms with Gasteiger partial charge < -0.3 is 0 Å². The Balaban J connectivity index is 0.000000444. The standard InChI is InChI=1S/C53H40.4C5H5.4Fe/c1-2-10-41(9-1)17-21-45-25-33-49(34-26-45)53(50-35-27-46(28-36-50)22-18-42-11-3-4-12-42,51-37-29-47(30-38-51)23-19-43-13-5-6-14-43)52-39-31-48(32-40-52)24-20-44-15-7-8-16-44;4*1-2-4-5-3-1;;;;/h1-40H;4*1-5H;;;;/q;;;;;4*+2/b21-17+,22-18+,23-19+,24-20+;;;;;;;;. The molecule has 77 heavy (non-hydrogen) atoms. The average Bonchev–Trinajstić information content (AvgIpc) is 4.30. The van der Waals surface area contributed by atoms with Gasteiger partial charge in [-0.2, -0.15) is 0 Å². The van der Waals surface area contributed by atoms with E-state index < -0.39 is 5.41 Å². The Labute approximate surface area is 514 Å². The molecule has 40 radical (unpaired) electrons. The van der Waals surface area contributed by atoms with Crippen molar-refractivity contribution >= 4 is 24.3 Å². The largest absolute Gasteiger partial charge is 2.00 e. The van der Waals surface area contributed by atoms with E-state index in [0.29, 0.717) is 0 Å². The van der Waals surface area contributed by atoms with Crippen molar-refractivity contribution in [3.63, 3.8) is 0 Å². The number of benzene rings is 4. The summed E-state index contributed by atoms with van der Waals surface area (Å²) < 4.78 is 0. The molecule has 4 aromatic carbocycles. The van der Waals surface area contributed by atoms with Crippen molar-refractivity contribution in [3.05, 3.63) is 421 Å². The molecular formula is C73H60Fe4+8. The van der Waals surface area contributed by atoms with Crippen molar-refractivity contribution < 1.29 is 68.3 Å². The van der Waals surface area contributed by atoms with Crippen molar-refractivity contribution in [2.45, 2.75) is 5.41 Å². The molecule has 8 aliphatic carbocycles. The van der Waals surface area contributed by atoms with Gasteiger partial charge in [-0.25, -0.2) is 0 Å². The Hall–Kier alpha value is -2.08. The summed E-state index contributed by atoms with van der Waals surface area (Å²) >= 11 is 0. The van der Waals surface area contributed by atoms with Crippen molar-refractivity contribution in [1.82, 2.24) is 0 Å². The fourth-order valence-electron chi connectivity index (χ4n) is 8.43. The summed E-state index contributed by atoms with van der Waals surface area (Å²) in [5.74, 6) is 4.82. The molecule has 0 saturated heterocycles. The Bertz CT molecular complexity index is 1840. The van der Waals surface area contributed by atoms with Crippen LogP contribution in [0.15, 0.2) is 121 Å². The normalized spacial score (nSPS) is 19.8. The first kappa shape index (κ1) is 67.4. The van der Waals surface area contributed by atoms with Crippen LogP contribution in [0.3, 0.4) is 0 Å². The summed E-state index contributed by atoms with van der Waals surface area (Å²) in [7, 11) is 0. The van der Waals surface area contributed by atoms with Gasteiger partial charge in [0.15, 0.2) is 0 Å². The maximum absolute atomic E-state index is 2.31. The van der Waals surface area contributed by atoms with E-state index in [9.17, 15) is 0 Å². The van der Waals surface area contributed by atoms with Gasteiger partial charge in [0.25, 0.3) is 0 Å². The fourth-order valence-corrected chi connectivity index (χ4v) is 8.43. The van der Waals surface area contributed by atoms with Gasteiger partial charge in [-0.3, -0.25) is 0 Å². The Morgan fingerprint density at radius 1 is 0.169 bits per heavy atom. The van der Waals surface area contributed by atoms with E-state index in [1.165, 1.54) is 45.9 Å². The minimum atomic E-state index is -0.580. The first-order valence-corrected chi connectivity index (χ1v) is 24.9. The molecule has 0 atom stereocenters. The van der Waals surface area contributed by atoms with Gasteiger partial charge in [-0.1, -0.05) is 146 Å². The van der Waals surface area contributed by atoms with Crippen LogP contribution in [-0.2, 0) is 73.7 Å². The Morgan fingerprint density at radius 2 is 0.312 bits per heavy atom. The molecule has 8 fully saturated rings. The van der Waals surface area contributed by atoms with Gasteiger partial charge in [-0.05, 0) is 276 Å². The van der Waals surface area contributed by atoms with Crippen LogP contribution in [0.1, 0.15) is 44.5 Å². The molecule has 0 bridgehead atoms. The second kappa shape index (κ2) is 39.4. The zero-order chi connectivity index (χ0) is 49.9. The molecule has 0 N–H and O–H groups in total. The second-order valence-corrected chi connectivity index (χ2v) is 17.3. The SMILES string of the molecule is [CH]1[CH][CH][CH][CH]1.[CH]1[CH][CH][CH][CH]1.[CH]1[CH][CH][CH][CH]1.[CH]1[CH][CH][CH][CH]1.[CH]1[CH][CH][C](/C=C/c2ccc(C(c3ccc(/C=C/[C]4[CH][CH][CH][CH]4)cc3)(c3ccc(/C=C/[C]4[CH][CH][CH][CH]4)cc3)c3ccc(/C=C/[C]4[CH][CH][CH][CH]4)cc3)cc2)[CH]1.[Fe+2].[Fe+2].[Fe+2].[Fe+2]. The van der Waals surface area contributed by atoms with E-state index >= 15 is 0 Å². The first-order valence-electron chi connectivity index (χ1n) is 24.9. The van der Waals surface area contributed by atoms with Crippen LogP contribution in [0.5, 0.6) is 0 Å². The van der Waals surface area contributed by atoms with Crippen LogP contribution in [0, 0.1) is 255 Å². The third-order valence-corrected chi connectivity index (χ3v) is 12.2. The zero-order valence-corrected chi connectivity index (χ0v) is 47.0. The third kappa shape index (κ3) is 22.7. The first-order chi connectivity index (χ1) is 36.2. The van der Waals surface area contributed by atoms with Crippen LogP contribution in [0.25, 0.3) is 24.3 Å². The molecule has 0 aliphatic heterocycles. The topological polar surface area (TPSA) is 0 Å². The maximum atomic E-state index is 2.31. The van der Waals surface area contributed by atoms with Gasteiger partial charge in [0.1, 0.15) is 0 Å². The summed E-state index contributed by atoms with van der Waals surface area (Å²) in [5, 5.41) is 0. The number of allylic oxidation sites excluding steroid dienone is 4. The molecule has 4 aromatic rings. The molecule has 0 nitrogen and oxygen atoms in total. The van der Waals surface area contributed by atoms with Crippen LogP contribution < -0.4 is 0 Å². The second-order valence-electron chi connectivity index (χ2n) is 17.3. The number of hydrogen-bond donors (Lipinski definition) is 0. The van der Waals surface area contributed by atoms with Crippen LogP contribution in [0.2, 0.25) is 0 Å². The summed E-state index contributed by atoms with van der Waals surface area (Å²) in [5.41, 5.74) is 8.92. The van der Waals surface area contributed by atoms with Crippen molar-refractivity contribution in [3.8, 4) is 0 Å². The third-order valence-electron chi connectivity index (χ3n) is 12.2. The number of rotatable bonds is 12. The molecule has 0 unspecified atom stereocenters. The maximum Gasteiger partial charge on any atom is 2.00 e. The van der Waals surface area contributed by atoms with E-state index in [4.69, 9.17) is 0 Å². The Morgan fingerprint density at radius 3 is 0.455 bits per heavy atom. The van der Waals surface area contributed by atoms with Crippen LogP contribution in [-0.4, -0.2) is 0 Å². The summed E-state index contributed by atoms with van der Waals surface area (Å²) in [4.78, 5) is 0. The van der Waals surface area contributed by atoms with Crippen molar-refractivity contribution in [2.75, 3.05) is 0 Å². The van der Waals surface area contributed by atoms with Crippen LogP contribution >= 0.6 is 0 Å². The van der Waals surface area contributed by atoms with Gasteiger partial charge in [0, 0.05) is 23.7 Å². The average molecular weight is 1160 g/mol. The van der Waals surface area contributed by atoms with Crippen molar-refractivity contribution in [1.29, 1.82) is 0 Å². The van der Waals surface area contributed by atoms with Gasteiger partial charge >= 0.3 is 68.3 Å². The summed E-state index contributed by atoms with van der Waals surface area (Å²) in [6, 6.07) is 36.4. The quantitative estimate of drug-likeness (QED) is 0.0980. The summed E-state index contributed by atoms with van der Waals surface area (Å²) in [6.45, 7) is 0. The zero-order valence-electron chi connectivity index (χ0n) is 42.6. The molecule has 8 aliphatic rings. The van der Waals surface area contributed by atoms with Crippen LogP contribution in [0.4, 0.5) is 0 Å². The molecule has 376 valence electrons. The molecule has 0 spiro atoms. The monoisotopic (exact) mass is 1160 g/mol. The fraction of sp³-hybridized carbons (Fsp3) is 0.0137. The molecule has 4 heteroatoms. The summed E-state index contributed by atoms with van der Waals surface area (Å²) in [6.07, 6.45) is 91.1. The van der Waals surface area contributed by atoms with E-state index in [0.717, 1.165) is 22.3 Å². The molecule has 12 rings (SSSR count). The predicted octanol–water partition coefficient (Wildman–Crippen LogP) is 15.8. The van der Waals surface area contributed by atoms with E-state index in [1.54, 1.807) is 0 Å². The Kier molecular flexibility index (Phi) is 34.5. The minimum Gasteiger partial charge on any atom is -0.0762 e. The van der Waals surface area contributed by atoms with E-state index in [2.05, 4.69) is 248 Å². The molecule has 8 saturated carbocycles. The van der Waals surface area contributed by atoms with Gasteiger partial charge in [-0.15, -0.1) is 0 Å². The smallest absolute Gasteiger partial charge is 0.0762 e. The van der Waals surface area contributed by atoms with Gasteiger partial charge in [0.2, 0.25) is 0 Å². The van der Waals surface area contributed by atoms with E-state index in [-0.39, 0.29) is 68.3 Å². The molecular weight excluding hydrogens is 1100 g/mol.